The monoisotopic (exact) mass is 1120 g/mol. The first-order valence-corrected chi connectivity index (χ1v) is 29.9. The minimum atomic E-state index is -0.817. The SMILES string of the molecule is CN[C@@H](C)C(=O)N[C@H]1CCS[C@H]2CC(C)(C)[C@@H](C(=O)N[C@H]3c4ccccc4C[C@H]3C(=O)NCc3ccc(CNC(=O)[C@@H]4Cc5ccccc5[C@@H]4NC(=O)[C@H]4N5C(=O)[C@@H](NC(=S)[C@H](C)NC)CCS[C@H]5CC4(C)C)cc3)N2C1=O. The summed E-state index contributed by atoms with van der Waals surface area (Å²) in [5, 5.41) is 24.7. The maximum atomic E-state index is 14.7. The molecule has 9 rings (SSSR count). The van der Waals surface area contributed by atoms with Gasteiger partial charge in [0.2, 0.25) is 41.4 Å². The zero-order chi connectivity index (χ0) is 55.8. The van der Waals surface area contributed by atoms with Gasteiger partial charge in [0.15, 0.2) is 0 Å². The second-order valence-corrected chi connectivity index (χ2v) is 26.3. The second-order valence-electron chi connectivity index (χ2n) is 23.3. The van der Waals surface area contributed by atoms with Crippen molar-refractivity contribution in [3.05, 3.63) is 106 Å². The Labute approximate surface area is 472 Å². The lowest BCUT2D eigenvalue weighted by Crippen LogP contribution is -2.58. The summed E-state index contributed by atoms with van der Waals surface area (Å²) < 4.78 is 0. The van der Waals surface area contributed by atoms with Crippen molar-refractivity contribution in [2.75, 3.05) is 25.6 Å². The van der Waals surface area contributed by atoms with Crippen LogP contribution in [0.4, 0.5) is 0 Å². The average molecular weight is 1120 g/mol. The van der Waals surface area contributed by atoms with Crippen molar-refractivity contribution in [1.82, 2.24) is 52.3 Å². The lowest BCUT2D eigenvalue weighted by atomic mass is 9.83. The number of carbonyl (C=O) groups is 7. The molecule has 418 valence electrons. The molecule has 20 heteroatoms. The zero-order valence-corrected chi connectivity index (χ0v) is 48.4. The smallest absolute Gasteiger partial charge is 0.246 e. The summed E-state index contributed by atoms with van der Waals surface area (Å²) in [6, 6.07) is 18.5. The Morgan fingerprint density at radius 3 is 1.42 bits per heavy atom. The molecule has 0 saturated carbocycles. The summed E-state index contributed by atoms with van der Waals surface area (Å²) in [5.41, 5.74) is 4.31. The van der Waals surface area contributed by atoms with Gasteiger partial charge in [-0.05, 0) is 122 Å². The van der Waals surface area contributed by atoms with Crippen LogP contribution in [0.15, 0.2) is 72.8 Å². The van der Waals surface area contributed by atoms with Gasteiger partial charge in [0, 0.05) is 13.1 Å². The van der Waals surface area contributed by atoms with E-state index in [1.165, 1.54) is 0 Å². The maximum Gasteiger partial charge on any atom is 0.246 e. The van der Waals surface area contributed by atoms with Gasteiger partial charge >= 0.3 is 0 Å². The topological polar surface area (TPSA) is 222 Å². The van der Waals surface area contributed by atoms with Crippen LogP contribution >= 0.6 is 35.7 Å². The highest BCUT2D eigenvalue weighted by Crippen LogP contribution is 2.49. The van der Waals surface area contributed by atoms with Gasteiger partial charge in [0.25, 0.3) is 0 Å². The van der Waals surface area contributed by atoms with Crippen molar-refractivity contribution in [1.29, 1.82) is 0 Å². The number of nitrogens with one attached hydrogen (secondary N) is 8. The summed E-state index contributed by atoms with van der Waals surface area (Å²) >= 11 is 8.96. The van der Waals surface area contributed by atoms with Crippen LogP contribution in [0.5, 0.6) is 0 Å². The number of hydrogen-bond acceptors (Lipinski definition) is 12. The van der Waals surface area contributed by atoms with Crippen molar-refractivity contribution < 1.29 is 33.6 Å². The fourth-order valence-electron chi connectivity index (χ4n) is 12.5. The third-order valence-corrected chi connectivity index (χ3v) is 20.0. The Bertz CT molecular complexity index is 2630. The molecule has 4 aliphatic heterocycles. The number of nitrogens with zero attached hydrogens (tertiary/aromatic N) is 2. The molecule has 0 spiro atoms. The van der Waals surface area contributed by atoms with E-state index >= 15 is 0 Å². The Kier molecular flexibility index (Phi) is 17.3. The summed E-state index contributed by atoms with van der Waals surface area (Å²) in [6.07, 6.45) is 3.19. The third kappa shape index (κ3) is 11.7. The number of thioether (sulfide) groups is 2. The second kappa shape index (κ2) is 23.7. The molecular weight excluding hydrogens is 1040 g/mol. The standard InChI is InChI=1S/C58H76N10O7S3/c1-31(59-7)49(69)63-41-21-23-77-43-27-57(3,4)47(67(43)55(41)74)52(72)65-45-37-15-11-9-13-35(37)25-39(45)50(70)61-29-33-17-19-34(20-18-33)30-62-51(71)40-26-36-14-10-12-16-38(36)46(40)66-53(73)48-58(5,6)28-44-68(48)56(75)42(22-24-78-44)64-54(76)32(2)60-8/h9-20,31-32,39-48,59-60H,21-30H2,1-8H3,(H,61,70)(H,62,71)(H,63,69)(H,64,76)(H,65,72)(H,66,73)/t31-,32-,39+,40+,41-,42-,43-,44-,45-,46-,47+,48+/m0/s1. The summed E-state index contributed by atoms with van der Waals surface area (Å²) in [4.78, 5) is 103. The Hall–Kier alpha value is -5.54. The van der Waals surface area contributed by atoms with E-state index in [-0.39, 0.29) is 71.2 Å². The maximum absolute atomic E-state index is 14.7. The van der Waals surface area contributed by atoms with Crippen LogP contribution < -0.4 is 42.5 Å². The third-order valence-electron chi connectivity index (χ3n) is 17.1. The lowest BCUT2D eigenvalue weighted by molar-refractivity contribution is -0.144. The zero-order valence-electron chi connectivity index (χ0n) is 45.9. The Balaban J connectivity index is 0.823. The predicted molar refractivity (Wildman–Crippen MR) is 307 cm³/mol. The van der Waals surface area contributed by atoms with E-state index in [0.29, 0.717) is 49.3 Å². The van der Waals surface area contributed by atoms with Gasteiger partial charge in [-0.25, -0.2) is 0 Å². The van der Waals surface area contributed by atoms with Crippen LogP contribution in [0.25, 0.3) is 0 Å². The largest absolute Gasteiger partial charge is 0.367 e. The summed E-state index contributed by atoms with van der Waals surface area (Å²) in [6.45, 7) is 12.2. The summed E-state index contributed by atoms with van der Waals surface area (Å²) in [5.74, 6) is -1.50. The van der Waals surface area contributed by atoms with Crippen LogP contribution in [-0.2, 0) is 59.5 Å². The highest BCUT2D eigenvalue weighted by Gasteiger charge is 2.57. The van der Waals surface area contributed by atoms with E-state index in [1.54, 1.807) is 47.3 Å². The highest BCUT2D eigenvalue weighted by atomic mass is 32.2. The van der Waals surface area contributed by atoms with Crippen LogP contribution in [-0.4, -0.2) is 129 Å². The van der Waals surface area contributed by atoms with E-state index in [2.05, 4.69) is 42.5 Å². The van der Waals surface area contributed by atoms with E-state index in [9.17, 15) is 33.6 Å². The fraction of sp³-hybridized carbons (Fsp3) is 0.552. The van der Waals surface area contributed by atoms with Crippen molar-refractivity contribution >= 4 is 82.1 Å². The molecule has 3 aromatic rings. The van der Waals surface area contributed by atoms with Gasteiger partial charge in [-0.15, -0.1) is 23.5 Å². The van der Waals surface area contributed by atoms with Gasteiger partial charge in [-0.3, -0.25) is 33.6 Å². The van der Waals surface area contributed by atoms with E-state index in [4.69, 9.17) is 12.2 Å². The average Bonchev–Trinajstić information content (AvgIpc) is 4.19. The number of hydrogen-bond donors (Lipinski definition) is 8. The number of rotatable bonds is 16. The first-order chi connectivity index (χ1) is 37.2. The fourth-order valence-corrected chi connectivity index (χ4v) is 15.9. The molecule has 17 nitrogen and oxygen atoms in total. The molecule has 4 fully saturated rings. The molecule has 4 saturated heterocycles. The number of benzene rings is 3. The molecule has 8 N–H and O–H groups in total. The molecule has 0 bridgehead atoms. The van der Waals surface area contributed by atoms with Crippen LogP contribution in [0.1, 0.15) is 113 Å². The number of likely N-dealkylation sites (N-methyl/N-ethyl adjacent to an activating group) is 2. The van der Waals surface area contributed by atoms with Gasteiger partial charge in [0.1, 0.15) is 24.2 Å². The van der Waals surface area contributed by atoms with Crippen LogP contribution in [0, 0.1) is 22.7 Å². The first-order valence-electron chi connectivity index (χ1n) is 27.4. The number of amides is 7. The minimum absolute atomic E-state index is 0.120. The highest BCUT2D eigenvalue weighted by molar-refractivity contribution is 8.00. The lowest BCUT2D eigenvalue weighted by Gasteiger charge is -2.35. The molecule has 0 unspecified atom stereocenters. The normalized spacial score (nSPS) is 28.4. The molecule has 12 atom stereocenters. The van der Waals surface area contributed by atoms with Gasteiger partial charge < -0.3 is 52.3 Å². The van der Waals surface area contributed by atoms with Crippen molar-refractivity contribution in [3.63, 3.8) is 0 Å². The first kappa shape index (κ1) is 57.2. The number of carbonyl (C=O) groups excluding carboxylic acids is 7. The minimum Gasteiger partial charge on any atom is -0.367 e. The molecule has 4 heterocycles. The van der Waals surface area contributed by atoms with Crippen molar-refractivity contribution in [2.45, 2.75) is 152 Å². The molecule has 2 aliphatic carbocycles. The Morgan fingerprint density at radius 2 is 1.00 bits per heavy atom. The van der Waals surface area contributed by atoms with Gasteiger partial charge in [-0.1, -0.05) is 113 Å². The molecular formula is C58H76N10O7S3. The Morgan fingerprint density at radius 1 is 0.590 bits per heavy atom. The molecule has 78 heavy (non-hydrogen) atoms. The number of fused-ring (bicyclic) bond motifs is 4. The van der Waals surface area contributed by atoms with Crippen molar-refractivity contribution in [2.24, 2.45) is 22.7 Å². The van der Waals surface area contributed by atoms with E-state index in [1.807, 2.05) is 114 Å². The molecule has 0 aromatic heterocycles. The molecule has 7 amide bonds. The van der Waals surface area contributed by atoms with Crippen molar-refractivity contribution in [3.8, 4) is 0 Å². The molecule has 0 radical (unpaired) electrons. The van der Waals surface area contributed by atoms with Crippen LogP contribution in [0.3, 0.4) is 0 Å². The van der Waals surface area contributed by atoms with E-state index < -0.39 is 65.0 Å². The molecule has 6 aliphatic rings. The summed E-state index contributed by atoms with van der Waals surface area (Å²) in [7, 11) is 3.51. The van der Waals surface area contributed by atoms with E-state index in [0.717, 1.165) is 39.1 Å². The molecule has 3 aromatic carbocycles. The quantitative estimate of drug-likeness (QED) is 0.0947. The number of thiocarbonyl (C=S) groups is 1. The predicted octanol–water partition coefficient (Wildman–Crippen LogP) is 4.15. The van der Waals surface area contributed by atoms with Crippen LogP contribution in [0.2, 0.25) is 0 Å². The van der Waals surface area contributed by atoms with Gasteiger partial charge in [0.05, 0.1) is 51.7 Å². The van der Waals surface area contributed by atoms with Gasteiger partial charge in [-0.2, -0.15) is 0 Å².